The first-order valence-electron chi connectivity index (χ1n) is 4.13. The highest BCUT2D eigenvalue weighted by molar-refractivity contribution is 6.27. The molecule has 0 aromatic carbocycles. The summed E-state index contributed by atoms with van der Waals surface area (Å²) in [5.74, 6) is 0.263. The molecule has 0 amide bonds. The number of aliphatic hydroxyl groups is 1. The van der Waals surface area contributed by atoms with Crippen molar-refractivity contribution in [2.75, 3.05) is 0 Å². The molecule has 3 heteroatoms. The van der Waals surface area contributed by atoms with Crippen LogP contribution >= 0.6 is 0 Å². The minimum Gasteiger partial charge on any atom is -0.513 e. The van der Waals surface area contributed by atoms with Crippen molar-refractivity contribution >= 4 is 7.48 Å². The van der Waals surface area contributed by atoms with Gasteiger partial charge in [0.1, 0.15) is 0 Å². The van der Waals surface area contributed by atoms with E-state index in [1.807, 2.05) is 7.48 Å². The molecule has 0 aliphatic carbocycles. The van der Waals surface area contributed by atoms with E-state index in [0.717, 1.165) is 19.2 Å². The average molecular weight is 153 g/mol. The van der Waals surface area contributed by atoms with Gasteiger partial charge in [0.05, 0.1) is 5.76 Å². The first-order valence-corrected chi connectivity index (χ1v) is 4.13. The molecule has 1 aliphatic rings. The first-order chi connectivity index (χ1) is 5.29. The Morgan fingerprint density at radius 2 is 2.55 bits per heavy atom. The zero-order valence-electron chi connectivity index (χ0n) is 6.75. The van der Waals surface area contributed by atoms with Crippen LogP contribution in [-0.4, -0.2) is 18.7 Å². The van der Waals surface area contributed by atoms with E-state index < -0.39 is 0 Å². The van der Waals surface area contributed by atoms with Crippen LogP contribution in [0, 0.1) is 0 Å². The van der Waals surface area contributed by atoms with Gasteiger partial charge in [0, 0.05) is 12.5 Å². The van der Waals surface area contributed by atoms with Crippen LogP contribution in [0.2, 0.25) is 6.32 Å². The number of hydrogen-bond acceptors (Lipinski definition) is 2. The summed E-state index contributed by atoms with van der Waals surface area (Å²) in [6.45, 7) is 3.43. The van der Waals surface area contributed by atoms with Crippen LogP contribution in [0.25, 0.3) is 0 Å². The minimum absolute atomic E-state index is 0.263. The van der Waals surface area contributed by atoms with E-state index in [-0.39, 0.29) is 5.76 Å². The highest BCUT2D eigenvalue weighted by Gasteiger charge is 2.14. The lowest BCUT2D eigenvalue weighted by Crippen LogP contribution is -2.20. The molecule has 0 aromatic heterocycles. The summed E-state index contributed by atoms with van der Waals surface area (Å²) in [6, 6.07) is 0. The monoisotopic (exact) mass is 153 g/mol. The number of aliphatic hydroxyl groups excluding tert-OH is 1. The molecular formula is C8H14BO2. The summed E-state index contributed by atoms with van der Waals surface area (Å²) in [5, 5.41) is 8.82. The normalized spacial score (nSPS) is 24.2. The van der Waals surface area contributed by atoms with Crippen molar-refractivity contribution in [2.24, 2.45) is 0 Å². The highest BCUT2D eigenvalue weighted by Crippen LogP contribution is 2.17. The van der Waals surface area contributed by atoms with E-state index in [2.05, 4.69) is 6.58 Å². The fourth-order valence-electron chi connectivity index (χ4n) is 1.24. The van der Waals surface area contributed by atoms with E-state index in [1.165, 1.54) is 6.42 Å². The van der Waals surface area contributed by atoms with Gasteiger partial charge in [-0.2, -0.15) is 0 Å². The molecule has 1 radical (unpaired) electrons. The maximum Gasteiger partial charge on any atom is 0.292 e. The van der Waals surface area contributed by atoms with Gasteiger partial charge in [0.2, 0.25) is 0 Å². The van der Waals surface area contributed by atoms with Crippen molar-refractivity contribution in [3.05, 3.63) is 12.3 Å². The third kappa shape index (κ3) is 3.47. The second-order valence-electron chi connectivity index (χ2n) is 2.96. The van der Waals surface area contributed by atoms with Crippen LogP contribution in [0.15, 0.2) is 12.3 Å². The molecule has 61 valence electrons. The second-order valence-corrected chi connectivity index (χ2v) is 2.96. The molecule has 11 heavy (non-hydrogen) atoms. The van der Waals surface area contributed by atoms with Gasteiger partial charge < -0.3 is 9.76 Å². The molecule has 1 saturated heterocycles. The Labute approximate surface area is 68.5 Å². The zero-order chi connectivity index (χ0) is 8.10. The van der Waals surface area contributed by atoms with Gasteiger partial charge in [0.25, 0.3) is 7.48 Å². The van der Waals surface area contributed by atoms with Crippen LogP contribution < -0.4 is 0 Å². The van der Waals surface area contributed by atoms with Crippen molar-refractivity contribution in [2.45, 2.75) is 38.1 Å². The van der Waals surface area contributed by atoms with Crippen LogP contribution in [0.5, 0.6) is 0 Å². The number of rotatable bonds is 3. The van der Waals surface area contributed by atoms with Gasteiger partial charge in [0.15, 0.2) is 0 Å². The predicted octanol–water partition coefficient (Wildman–Crippen LogP) is 2.05. The Kier molecular flexibility index (Phi) is 3.50. The Morgan fingerprint density at radius 3 is 3.09 bits per heavy atom. The van der Waals surface area contributed by atoms with Gasteiger partial charge in [-0.25, -0.2) is 0 Å². The molecule has 1 atom stereocenters. The Balaban J connectivity index is 2.09. The van der Waals surface area contributed by atoms with E-state index in [1.54, 1.807) is 0 Å². The fourth-order valence-corrected chi connectivity index (χ4v) is 1.24. The number of allylic oxidation sites excluding steroid dienone is 1. The largest absolute Gasteiger partial charge is 0.513 e. The quantitative estimate of drug-likeness (QED) is 0.496. The van der Waals surface area contributed by atoms with Crippen LogP contribution in [0.4, 0.5) is 0 Å². The van der Waals surface area contributed by atoms with E-state index in [9.17, 15) is 0 Å². The van der Waals surface area contributed by atoms with Gasteiger partial charge in [-0.15, -0.1) is 0 Å². The van der Waals surface area contributed by atoms with Crippen molar-refractivity contribution in [3.8, 4) is 0 Å². The summed E-state index contributed by atoms with van der Waals surface area (Å²) in [7, 11) is 1.87. The van der Waals surface area contributed by atoms with Gasteiger partial charge in [-0.1, -0.05) is 19.3 Å². The van der Waals surface area contributed by atoms with Gasteiger partial charge >= 0.3 is 0 Å². The van der Waals surface area contributed by atoms with E-state index in [0.29, 0.717) is 12.5 Å². The molecule has 1 rings (SSSR count). The standard InChI is InChI=1S/C8H14BO2/c1-7(10)4-5-8-3-2-6-9-11-8/h8,10H,1-6H2. The van der Waals surface area contributed by atoms with Crippen LogP contribution in [-0.2, 0) is 4.65 Å². The fraction of sp³-hybridized carbons (Fsp3) is 0.750. The lowest BCUT2D eigenvalue weighted by molar-refractivity contribution is 0.167. The SMILES string of the molecule is C=C(O)CCC1CCC[B]O1. The molecule has 0 spiro atoms. The smallest absolute Gasteiger partial charge is 0.292 e. The molecule has 0 saturated carbocycles. The predicted molar refractivity (Wildman–Crippen MR) is 45.7 cm³/mol. The highest BCUT2D eigenvalue weighted by atomic mass is 16.4. The van der Waals surface area contributed by atoms with Crippen LogP contribution in [0.1, 0.15) is 25.7 Å². The molecule has 1 heterocycles. The van der Waals surface area contributed by atoms with E-state index in [4.69, 9.17) is 9.76 Å². The third-order valence-corrected chi connectivity index (χ3v) is 1.89. The van der Waals surface area contributed by atoms with Crippen molar-refractivity contribution in [1.82, 2.24) is 0 Å². The van der Waals surface area contributed by atoms with Gasteiger partial charge in [-0.05, 0) is 12.8 Å². The van der Waals surface area contributed by atoms with E-state index >= 15 is 0 Å². The van der Waals surface area contributed by atoms with Crippen molar-refractivity contribution in [3.63, 3.8) is 0 Å². The summed E-state index contributed by atoms with van der Waals surface area (Å²) in [6.07, 6.45) is 5.26. The Bertz CT molecular complexity index is 130. The summed E-state index contributed by atoms with van der Waals surface area (Å²) < 4.78 is 5.35. The van der Waals surface area contributed by atoms with Crippen molar-refractivity contribution < 1.29 is 9.76 Å². The van der Waals surface area contributed by atoms with Crippen molar-refractivity contribution in [1.29, 1.82) is 0 Å². The van der Waals surface area contributed by atoms with Gasteiger partial charge in [-0.3, -0.25) is 0 Å². The average Bonchev–Trinajstić information content (AvgIpc) is 2.03. The molecule has 1 N–H and O–H groups in total. The summed E-state index contributed by atoms with van der Waals surface area (Å²) in [4.78, 5) is 0. The lowest BCUT2D eigenvalue weighted by Gasteiger charge is -2.21. The topological polar surface area (TPSA) is 29.5 Å². The summed E-state index contributed by atoms with van der Waals surface area (Å²) in [5.41, 5.74) is 0. The zero-order valence-corrected chi connectivity index (χ0v) is 6.75. The molecule has 2 nitrogen and oxygen atoms in total. The Morgan fingerprint density at radius 1 is 1.73 bits per heavy atom. The number of hydrogen-bond donors (Lipinski definition) is 1. The minimum atomic E-state index is 0.263. The maximum absolute atomic E-state index is 8.82. The van der Waals surface area contributed by atoms with Crippen LogP contribution in [0.3, 0.4) is 0 Å². The first kappa shape index (κ1) is 8.66. The molecule has 1 aliphatic heterocycles. The second kappa shape index (κ2) is 4.44. The molecule has 1 fully saturated rings. The molecule has 1 unspecified atom stereocenters. The molecule has 0 bridgehead atoms. The maximum atomic E-state index is 8.82. The lowest BCUT2D eigenvalue weighted by atomic mass is 9.85. The molecule has 0 aromatic rings. The Hall–Kier alpha value is -0.435. The third-order valence-electron chi connectivity index (χ3n) is 1.89. The summed E-state index contributed by atoms with van der Waals surface area (Å²) >= 11 is 0. The molecular weight excluding hydrogens is 139 g/mol.